The summed E-state index contributed by atoms with van der Waals surface area (Å²) in [4.78, 5) is 0. The lowest BCUT2D eigenvalue weighted by Gasteiger charge is -2.03. The summed E-state index contributed by atoms with van der Waals surface area (Å²) in [5.41, 5.74) is 3.81. The van der Waals surface area contributed by atoms with Gasteiger partial charge in [0.1, 0.15) is 0 Å². The fraction of sp³-hybridized carbons (Fsp3) is 0.167. The normalized spacial score (nSPS) is 12.5. The number of nitrogens with zero attached hydrogens (tertiary/aromatic N) is 1. The van der Waals surface area contributed by atoms with Gasteiger partial charge in [0.2, 0.25) is 0 Å². The number of aromatic amines is 1. The van der Waals surface area contributed by atoms with Crippen LogP contribution in [0.1, 0.15) is 24.6 Å². The SMILES string of the molecule is C=C/C(=C\C=C(/C)c1ccn[nH]1)CCc1ccc(F)c(F)c1. The minimum atomic E-state index is -0.818. The number of halogens is 2. The Balaban J connectivity index is 2.02. The smallest absolute Gasteiger partial charge is 0.159 e. The molecule has 0 atom stereocenters. The second-order valence-electron chi connectivity index (χ2n) is 5.01. The van der Waals surface area contributed by atoms with Crippen LogP contribution in [0.25, 0.3) is 5.57 Å². The van der Waals surface area contributed by atoms with E-state index in [1.54, 1.807) is 18.3 Å². The van der Waals surface area contributed by atoms with Crippen molar-refractivity contribution in [1.82, 2.24) is 10.2 Å². The summed E-state index contributed by atoms with van der Waals surface area (Å²) in [7, 11) is 0. The molecule has 2 nitrogen and oxygen atoms in total. The van der Waals surface area contributed by atoms with Crippen LogP contribution < -0.4 is 0 Å². The van der Waals surface area contributed by atoms with Crippen molar-refractivity contribution in [3.63, 3.8) is 0 Å². The highest BCUT2D eigenvalue weighted by Crippen LogP contribution is 2.15. The van der Waals surface area contributed by atoms with E-state index in [0.29, 0.717) is 12.8 Å². The molecule has 2 rings (SSSR count). The predicted molar refractivity (Wildman–Crippen MR) is 85.2 cm³/mol. The molecule has 2 aromatic rings. The Labute approximate surface area is 128 Å². The number of nitrogens with one attached hydrogen (secondary N) is 1. The first-order valence-electron chi connectivity index (χ1n) is 7.03. The van der Waals surface area contributed by atoms with E-state index < -0.39 is 11.6 Å². The van der Waals surface area contributed by atoms with Crippen LogP contribution in [0.4, 0.5) is 8.78 Å². The van der Waals surface area contributed by atoms with Gasteiger partial charge in [-0.3, -0.25) is 5.10 Å². The molecule has 0 radical (unpaired) electrons. The van der Waals surface area contributed by atoms with Crippen molar-refractivity contribution in [2.45, 2.75) is 19.8 Å². The van der Waals surface area contributed by atoms with E-state index in [2.05, 4.69) is 16.8 Å². The summed E-state index contributed by atoms with van der Waals surface area (Å²) in [6.45, 7) is 5.78. The highest BCUT2D eigenvalue weighted by molar-refractivity contribution is 5.62. The van der Waals surface area contributed by atoms with Crippen molar-refractivity contribution in [1.29, 1.82) is 0 Å². The average Bonchev–Trinajstić information content (AvgIpc) is 3.05. The second kappa shape index (κ2) is 7.50. The Morgan fingerprint density at radius 3 is 2.68 bits per heavy atom. The molecule has 0 amide bonds. The molecule has 0 spiro atoms. The molecule has 4 heteroatoms. The van der Waals surface area contributed by atoms with Crippen molar-refractivity contribution in [3.05, 3.63) is 83.7 Å². The Morgan fingerprint density at radius 1 is 1.23 bits per heavy atom. The van der Waals surface area contributed by atoms with Gasteiger partial charge >= 0.3 is 0 Å². The highest BCUT2D eigenvalue weighted by atomic mass is 19.2. The zero-order valence-electron chi connectivity index (χ0n) is 12.4. The van der Waals surface area contributed by atoms with Gasteiger partial charge in [-0.25, -0.2) is 8.78 Å². The van der Waals surface area contributed by atoms with E-state index in [1.165, 1.54) is 6.07 Å². The zero-order chi connectivity index (χ0) is 15.9. The summed E-state index contributed by atoms with van der Waals surface area (Å²) in [6, 6.07) is 5.89. The van der Waals surface area contributed by atoms with Crippen LogP contribution in [-0.2, 0) is 6.42 Å². The summed E-state index contributed by atoms with van der Waals surface area (Å²) in [5, 5.41) is 6.81. The van der Waals surface area contributed by atoms with Gasteiger partial charge in [-0.05, 0) is 54.7 Å². The molecule has 114 valence electrons. The van der Waals surface area contributed by atoms with Crippen molar-refractivity contribution in [3.8, 4) is 0 Å². The van der Waals surface area contributed by atoms with Crippen LogP contribution in [0.3, 0.4) is 0 Å². The van der Waals surface area contributed by atoms with Crippen LogP contribution >= 0.6 is 0 Å². The standard InChI is InChI=1S/C18H18F2N2/c1-3-14(5-4-13(2)18-10-11-21-22-18)6-7-15-8-9-16(19)17(20)12-15/h3-5,8-12H,1,6-7H2,2H3,(H,21,22)/b13-4+,14-5+. The largest absolute Gasteiger partial charge is 0.278 e. The Hall–Kier alpha value is -2.49. The van der Waals surface area contributed by atoms with E-state index in [4.69, 9.17) is 0 Å². The molecule has 22 heavy (non-hydrogen) atoms. The number of rotatable bonds is 6. The topological polar surface area (TPSA) is 28.7 Å². The Morgan fingerprint density at radius 2 is 2.05 bits per heavy atom. The molecular weight excluding hydrogens is 282 g/mol. The first kappa shape index (κ1) is 15.9. The van der Waals surface area contributed by atoms with Gasteiger partial charge in [-0.1, -0.05) is 30.9 Å². The third kappa shape index (κ3) is 4.25. The van der Waals surface area contributed by atoms with E-state index in [1.807, 2.05) is 25.1 Å². The third-order valence-corrected chi connectivity index (χ3v) is 3.42. The molecular formula is C18H18F2N2. The second-order valence-corrected chi connectivity index (χ2v) is 5.01. The third-order valence-electron chi connectivity index (χ3n) is 3.42. The van der Waals surface area contributed by atoms with Gasteiger partial charge in [-0.15, -0.1) is 0 Å². The van der Waals surface area contributed by atoms with Crippen molar-refractivity contribution >= 4 is 5.57 Å². The maximum atomic E-state index is 13.2. The molecule has 0 saturated carbocycles. The maximum Gasteiger partial charge on any atom is 0.159 e. The van der Waals surface area contributed by atoms with E-state index >= 15 is 0 Å². The van der Waals surface area contributed by atoms with Gasteiger partial charge in [0, 0.05) is 6.20 Å². The summed E-state index contributed by atoms with van der Waals surface area (Å²) in [6.07, 6.45) is 8.77. The predicted octanol–water partition coefficient (Wildman–Crippen LogP) is 4.84. The van der Waals surface area contributed by atoms with Gasteiger partial charge in [0.25, 0.3) is 0 Å². The lowest BCUT2D eigenvalue weighted by molar-refractivity contribution is 0.507. The number of aryl methyl sites for hydroxylation is 1. The molecule has 0 aliphatic rings. The molecule has 1 heterocycles. The monoisotopic (exact) mass is 300 g/mol. The lowest BCUT2D eigenvalue weighted by Crippen LogP contribution is -1.91. The number of hydrogen-bond acceptors (Lipinski definition) is 1. The van der Waals surface area contributed by atoms with Gasteiger partial charge < -0.3 is 0 Å². The van der Waals surface area contributed by atoms with Gasteiger partial charge in [-0.2, -0.15) is 5.10 Å². The first-order chi connectivity index (χ1) is 10.6. The maximum absolute atomic E-state index is 13.2. The molecule has 0 unspecified atom stereocenters. The van der Waals surface area contributed by atoms with Crippen molar-refractivity contribution < 1.29 is 8.78 Å². The number of aromatic nitrogens is 2. The summed E-state index contributed by atoms with van der Waals surface area (Å²) >= 11 is 0. The molecule has 1 aromatic heterocycles. The molecule has 0 aliphatic heterocycles. The van der Waals surface area contributed by atoms with Gasteiger partial charge in [0.15, 0.2) is 11.6 Å². The average molecular weight is 300 g/mol. The molecule has 0 fully saturated rings. The van der Waals surface area contributed by atoms with E-state index in [9.17, 15) is 8.78 Å². The van der Waals surface area contributed by atoms with Crippen LogP contribution in [0.5, 0.6) is 0 Å². The zero-order valence-corrected chi connectivity index (χ0v) is 12.4. The first-order valence-corrected chi connectivity index (χ1v) is 7.03. The number of allylic oxidation sites excluding steroid dienone is 5. The van der Waals surface area contributed by atoms with Crippen LogP contribution in [0, 0.1) is 11.6 Å². The Kier molecular flexibility index (Phi) is 5.42. The molecule has 0 saturated heterocycles. The molecule has 0 bridgehead atoms. The van der Waals surface area contributed by atoms with Crippen molar-refractivity contribution in [2.75, 3.05) is 0 Å². The van der Waals surface area contributed by atoms with Crippen LogP contribution in [-0.4, -0.2) is 10.2 Å². The molecule has 1 aromatic carbocycles. The fourth-order valence-corrected chi connectivity index (χ4v) is 2.03. The van der Waals surface area contributed by atoms with E-state index in [0.717, 1.165) is 28.5 Å². The number of H-pyrrole nitrogens is 1. The summed E-state index contributed by atoms with van der Waals surface area (Å²) < 4.78 is 26.1. The van der Waals surface area contributed by atoms with Gasteiger partial charge in [0.05, 0.1) is 5.69 Å². The minimum Gasteiger partial charge on any atom is -0.278 e. The van der Waals surface area contributed by atoms with E-state index in [-0.39, 0.29) is 0 Å². The lowest BCUT2D eigenvalue weighted by atomic mass is 10.0. The fourth-order valence-electron chi connectivity index (χ4n) is 2.03. The van der Waals surface area contributed by atoms with Crippen molar-refractivity contribution in [2.24, 2.45) is 0 Å². The minimum absolute atomic E-state index is 0.631. The quantitative estimate of drug-likeness (QED) is 0.760. The number of hydrogen-bond donors (Lipinski definition) is 1. The Bertz CT molecular complexity index is 698. The van der Waals surface area contributed by atoms with Crippen LogP contribution in [0.15, 0.2) is 60.8 Å². The number of benzene rings is 1. The van der Waals surface area contributed by atoms with Crippen LogP contribution in [0.2, 0.25) is 0 Å². The molecule has 0 aliphatic carbocycles. The molecule has 1 N–H and O–H groups in total. The summed E-state index contributed by atoms with van der Waals surface area (Å²) in [5.74, 6) is -1.63. The highest BCUT2D eigenvalue weighted by Gasteiger charge is 2.03.